The number of fused-ring (bicyclic) bond motifs is 1. The molecule has 1 saturated heterocycles. The lowest BCUT2D eigenvalue weighted by atomic mass is 9.95. The standard InChI is InChI=1S/C27H20Cl2N2O4/c1-35-17-9-6-15(7-10-17)14-31-24(19-13-30-22-5-3-2-4-18(19)22)23(26(33)27(31)34)25(32)16-8-11-20(28)21(29)12-16/h2-13,24,30,32H,14H2,1H3/b25-23+. The van der Waals surface area contributed by atoms with Crippen LogP contribution in [0.2, 0.25) is 10.0 Å². The highest BCUT2D eigenvalue weighted by molar-refractivity contribution is 6.47. The highest BCUT2D eigenvalue weighted by Crippen LogP contribution is 2.43. The van der Waals surface area contributed by atoms with Crippen molar-refractivity contribution < 1.29 is 19.4 Å². The van der Waals surface area contributed by atoms with Crippen LogP contribution in [0.5, 0.6) is 5.75 Å². The number of benzene rings is 3. The van der Waals surface area contributed by atoms with Gasteiger partial charge < -0.3 is 19.7 Å². The lowest BCUT2D eigenvalue weighted by Gasteiger charge is -2.25. The summed E-state index contributed by atoms with van der Waals surface area (Å²) in [5.74, 6) is -1.09. The molecule has 6 nitrogen and oxygen atoms in total. The quantitative estimate of drug-likeness (QED) is 0.194. The maximum atomic E-state index is 13.3. The Balaban J connectivity index is 1.68. The molecular formula is C27H20Cl2N2O4. The molecule has 4 aromatic rings. The molecule has 1 aliphatic heterocycles. The third-order valence-corrected chi connectivity index (χ3v) is 6.90. The first-order valence-electron chi connectivity index (χ1n) is 10.8. The first-order valence-corrected chi connectivity index (χ1v) is 11.6. The first kappa shape index (κ1) is 23.0. The van der Waals surface area contributed by atoms with Crippen molar-refractivity contribution in [1.29, 1.82) is 0 Å². The van der Waals surface area contributed by atoms with Crippen LogP contribution in [0.3, 0.4) is 0 Å². The molecule has 35 heavy (non-hydrogen) atoms. The Morgan fingerprint density at radius 1 is 1.03 bits per heavy atom. The van der Waals surface area contributed by atoms with E-state index in [1.54, 1.807) is 31.5 Å². The van der Waals surface area contributed by atoms with Gasteiger partial charge in [-0.2, -0.15) is 0 Å². The molecule has 0 aliphatic carbocycles. The summed E-state index contributed by atoms with van der Waals surface area (Å²) >= 11 is 12.2. The fraction of sp³-hybridized carbons (Fsp3) is 0.111. The Kier molecular flexibility index (Phi) is 6.01. The van der Waals surface area contributed by atoms with Crippen molar-refractivity contribution in [2.45, 2.75) is 12.6 Å². The number of rotatable bonds is 5. The van der Waals surface area contributed by atoms with E-state index in [1.165, 1.54) is 17.0 Å². The van der Waals surface area contributed by atoms with Gasteiger partial charge in [-0.1, -0.05) is 53.5 Å². The second-order valence-electron chi connectivity index (χ2n) is 8.19. The van der Waals surface area contributed by atoms with E-state index in [1.807, 2.05) is 36.4 Å². The van der Waals surface area contributed by atoms with Crippen LogP contribution >= 0.6 is 23.2 Å². The molecule has 1 amide bonds. The number of carbonyl (C=O) groups is 2. The van der Waals surface area contributed by atoms with E-state index in [0.29, 0.717) is 21.9 Å². The second-order valence-corrected chi connectivity index (χ2v) is 9.01. The van der Waals surface area contributed by atoms with E-state index in [0.717, 1.165) is 16.5 Å². The zero-order valence-corrected chi connectivity index (χ0v) is 20.1. The largest absolute Gasteiger partial charge is 0.507 e. The van der Waals surface area contributed by atoms with Crippen molar-refractivity contribution >= 4 is 51.6 Å². The Labute approximate surface area is 211 Å². The van der Waals surface area contributed by atoms with Gasteiger partial charge in [-0.3, -0.25) is 9.59 Å². The minimum Gasteiger partial charge on any atom is -0.507 e. The molecule has 0 spiro atoms. The number of Topliss-reactive ketones (excluding diaryl/α,β-unsaturated/α-hetero) is 1. The number of carbonyl (C=O) groups excluding carboxylic acids is 2. The third kappa shape index (κ3) is 4.05. The number of nitrogens with zero attached hydrogens (tertiary/aromatic N) is 1. The number of likely N-dealkylation sites (tertiary alicyclic amines) is 1. The maximum absolute atomic E-state index is 13.3. The first-order chi connectivity index (χ1) is 16.9. The number of ketones is 1. The molecule has 1 aromatic heterocycles. The molecule has 1 aliphatic rings. The van der Waals surface area contributed by atoms with Gasteiger partial charge in [0, 0.05) is 34.8 Å². The third-order valence-electron chi connectivity index (χ3n) is 6.16. The zero-order valence-electron chi connectivity index (χ0n) is 18.6. The molecular weight excluding hydrogens is 487 g/mol. The molecule has 0 bridgehead atoms. The van der Waals surface area contributed by atoms with Crippen molar-refractivity contribution in [2.75, 3.05) is 7.11 Å². The number of aromatic amines is 1. The van der Waals surface area contributed by atoms with Gasteiger partial charge in [0.05, 0.1) is 28.8 Å². The maximum Gasteiger partial charge on any atom is 0.295 e. The van der Waals surface area contributed by atoms with Crippen LogP contribution in [0, 0.1) is 0 Å². The van der Waals surface area contributed by atoms with Crippen LogP contribution in [-0.4, -0.2) is 33.8 Å². The number of aliphatic hydroxyl groups is 1. The zero-order chi connectivity index (χ0) is 24.7. The Morgan fingerprint density at radius 3 is 2.49 bits per heavy atom. The van der Waals surface area contributed by atoms with Crippen molar-refractivity contribution in [3.05, 3.63) is 105 Å². The lowest BCUT2D eigenvalue weighted by molar-refractivity contribution is -0.140. The van der Waals surface area contributed by atoms with Crippen LogP contribution in [0.4, 0.5) is 0 Å². The number of nitrogens with one attached hydrogen (secondary N) is 1. The number of methoxy groups -OCH3 is 1. The summed E-state index contributed by atoms with van der Waals surface area (Å²) in [4.78, 5) is 31.3. The summed E-state index contributed by atoms with van der Waals surface area (Å²) in [5, 5.41) is 12.7. The number of hydrogen-bond acceptors (Lipinski definition) is 4. The monoisotopic (exact) mass is 506 g/mol. The normalized spacial score (nSPS) is 17.3. The van der Waals surface area contributed by atoms with Crippen molar-refractivity contribution in [1.82, 2.24) is 9.88 Å². The molecule has 8 heteroatoms. The van der Waals surface area contributed by atoms with E-state index < -0.39 is 17.7 Å². The molecule has 1 unspecified atom stereocenters. The van der Waals surface area contributed by atoms with Gasteiger partial charge in [-0.25, -0.2) is 0 Å². The molecule has 2 heterocycles. The number of para-hydroxylation sites is 1. The van der Waals surface area contributed by atoms with Gasteiger partial charge >= 0.3 is 0 Å². The topological polar surface area (TPSA) is 82.6 Å². The summed E-state index contributed by atoms with van der Waals surface area (Å²) in [6.45, 7) is 0.164. The number of aliphatic hydroxyl groups excluding tert-OH is 1. The number of H-pyrrole nitrogens is 1. The van der Waals surface area contributed by atoms with Gasteiger partial charge in [0.15, 0.2) is 0 Å². The van der Waals surface area contributed by atoms with Crippen LogP contribution in [0.1, 0.15) is 22.7 Å². The summed E-state index contributed by atoms with van der Waals surface area (Å²) in [7, 11) is 1.58. The molecule has 0 saturated carbocycles. The molecule has 1 fully saturated rings. The lowest BCUT2D eigenvalue weighted by Crippen LogP contribution is -2.29. The van der Waals surface area contributed by atoms with Crippen LogP contribution in [0.25, 0.3) is 16.7 Å². The van der Waals surface area contributed by atoms with Gasteiger partial charge in [-0.05, 0) is 42.0 Å². The van der Waals surface area contributed by atoms with Crippen LogP contribution in [-0.2, 0) is 16.1 Å². The van der Waals surface area contributed by atoms with E-state index in [9.17, 15) is 14.7 Å². The molecule has 1 atom stereocenters. The summed E-state index contributed by atoms with van der Waals surface area (Å²) in [6, 6.07) is 18.6. The highest BCUT2D eigenvalue weighted by Gasteiger charge is 2.46. The van der Waals surface area contributed by atoms with E-state index in [4.69, 9.17) is 27.9 Å². The van der Waals surface area contributed by atoms with Crippen molar-refractivity contribution in [3.8, 4) is 5.75 Å². The second kappa shape index (κ2) is 9.13. The van der Waals surface area contributed by atoms with E-state index >= 15 is 0 Å². The molecule has 5 rings (SSSR count). The predicted molar refractivity (Wildman–Crippen MR) is 136 cm³/mol. The highest BCUT2D eigenvalue weighted by atomic mass is 35.5. The number of amides is 1. The van der Waals surface area contributed by atoms with Crippen LogP contribution < -0.4 is 4.74 Å². The molecule has 2 N–H and O–H groups in total. The van der Waals surface area contributed by atoms with Gasteiger partial charge in [-0.15, -0.1) is 0 Å². The fourth-order valence-corrected chi connectivity index (χ4v) is 4.71. The average Bonchev–Trinajstić information content (AvgIpc) is 3.40. The van der Waals surface area contributed by atoms with Gasteiger partial charge in [0.1, 0.15) is 11.5 Å². The van der Waals surface area contributed by atoms with Gasteiger partial charge in [0.2, 0.25) is 0 Å². The SMILES string of the molecule is COc1ccc(CN2C(=O)C(=O)/C(=C(/O)c3ccc(Cl)c(Cl)c3)C2c2c[nH]c3ccccc23)cc1. The molecule has 3 aromatic carbocycles. The summed E-state index contributed by atoms with van der Waals surface area (Å²) in [6.07, 6.45) is 1.77. The Bertz CT molecular complexity index is 1490. The van der Waals surface area contributed by atoms with Crippen molar-refractivity contribution in [2.24, 2.45) is 0 Å². The fourth-order valence-electron chi connectivity index (χ4n) is 4.41. The minimum absolute atomic E-state index is 0.00773. The minimum atomic E-state index is -0.817. The number of aromatic nitrogens is 1. The number of hydrogen-bond donors (Lipinski definition) is 2. The molecule has 0 radical (unpaired) electrons. The van der Waals surface area contributed by atoms with E-state index in [2.05, 4.69) is 4.98 Å². The summed E-state index contributed by atoms with van der Waals surface area (Å²) in [5.41, 5.74) is 2.66. The van der Waals surface area contributed by atoms with Crippen molar-refractivity contribution in [3.63, 3.8) is 0 Å². The van der Waals surface area contributed by atoms with Gasteiger partial charge in [0.25, 0.3) is 11.7 Å². The number of ether oxygens (including phenoxy) is 1. The Hall–Kier alpha value is -3.74. The smallest absolute Gasteiger partial charge is 0.295 e. The van der Waals surface area contributed by atoms with E-state index in [-0.39, 0.29) is 22.9 Å². The Morgan fingerprint density at radius 2 is 1.77 bits per heavy atom. The number of halogens is 2. The molecule has 176 valence electrons. The predicted octanol–water partition coefficient (Wildman–Crippen LogP) is 6.11. The summed E-state index contributed by atoms with van der Waals surface area (Å²) < 4.78 is 5.22. The average molecular weight is 507 g/mol. The van der Waals surface area contributed by atoms with Crippen LogP contribution in [0.15, 0.2) is 78.5 Å².